The van der Waals surface area contributed by atoms with Crippen molar-refractivity contribution in [2.45, 2.75) is 11.8 Å². The molecule has 0 spiro atoms. The summed E-state index contributed by atoms with van der Waals surface area (Å²) in [5, 5.41) is 11.9. The number of carbonyl (C=O) groups excluding carboxylic acids is 1. The first-order valence-electron chi connectivity index (χ1n) is 9.51. The van der Waals surface area contributed by atoms with Crippen LogP contribution in [0.15, 0.2) is 41.3 Å². The minimum Gasteiger partial charge on any atom is -0.335 e. The summed E-state index contributed by atoms with van der Waals surface area (Å²) in [5.41, 5.74) is 0.0947. The van der Waals surface area contributed by atoms with E-state index in [0.29, 0.717) is 15.6 Å². The molecule has 1 saturated heterocycles. The van der Waals surface area contributed by atoms with E-state index in [1.165, 1.54) is 39.5 Å². The van der Waals surface area contributed by atoms with Gasteiger partial charge in [0.05, 0.1) is 14.8 Å². The summed E-state index contributed by atoms with van der Waals surface area (Å²) in [4.78, 5) is 25.1. The van der Waals surface area contributed by atoms with E-state index in [1.54, 1.807) is 6.92 Å². The van der Waals surface area contributed by atoms with Gasteiger partial charge in [0.15, 0.2) is 0 Å². The number of nitro groups is 1. The van der Waals surface area contributed by atoms with Crippen LogP contribution in [0.25, 0.3) is 10.1 Å². The van der Waals surface area contributed by atoms with Gasteiger partial charge in [-0.05, 0) is 30.7 Å². The van der Waals surface area contributed by atoms with Crippen molar-refractivity contribution in [1.82, 2.24) is 9.21 Å². The maximum atomic E-state index is 13.5. The Hall–Kier alpha value is -2.60. The van der Waals surface area contributed by atoms with E-state index >= 15 is 0 Å². The van der Waals surface area contributed by atoms with Crippen molar-refractivity contribution in [3.05, 3.63) is 67.8 Å². The van der Waals surface area contributed by atoms with Crippen LogP contribution in [0.4, 0.5) is 10.1 Å². The number of nitro benzene ring substituents is 1. The van der Waals surface area contributed by atoms with E-state index in [1.807, 2.05) is 0 Å². The minimum absolute atomic E-state index is 0.0351. The van der Waals surface area contributed by atoms with E-state index in [2.05, 4.69) is 0 Å². The summed E-state index contributed by atoms with van der Waals surface area (Å²) in [6.45, 7) is 1.90. The van der Waals surface area contributed by atoms with Gasteiger partial charge in [-0.15, -0.1) is 11.3 Å². The molecule has 8 nitrogen and oxygen atoms in total. The van der Waals surface area contributed by atoms with Crippen LogP contribution in [-0.4, -0.2) is 54.6 Å². The summed E-state index contributed by atoms with van der Waals surface area (Å²) in [6.07, 6.45) is 0. The van der Waals surface area contributed by atoms with Crippen LogP contribution in [0.3, 0.4) is 0 Å². The molecule has 0 bridgehead atoms. The maximum absolute atomic E-state index is 13.5. The zero-order chi connectivity index (χ0) is 23.2. The number of sulfonamides is 1. The summed E-state index contributed by atoms with van der Waals surface area (Å²) < 4.78 is 41.4. The predicted octanol–water partition coefficient (Wildman–Crippen LogP) is 4.06. The van der Waals surface area contributed by atoms with E-state index in [4.69, 9.17) is 11.6 Å². The molecule has 0 unspecified atom stereocenters. The Balaban J connectivity index is 1.53. The molecule has 0 saturated carbocycles. The molecular weight excluding hydrogens is 481 g/mol. The second kappa shape index (κ2) is 8.39. The van der Waals surface area contributed by atoms with Crippen LogP contribution in [-0.2, 0) is 10.0 Å². The largest absolute Gasteiger partial charge is 0.335 e. The van der Waals surface area contributed by atoms with Gasteiger partial charge in [0, 0.05) is 48.4 Å². The average Bonchev–Trinajstić information content (AvgIpc) is 3.08. The molecule has 3 aromatic rings. The maximum Gasteiger partial charge on any atom is 0.270 e. The van der Waals surface area contributed by atoms with Crippen LogP contribution < -0.4 is 0 Å². The third kappa shape index (κ3) is 3.96. The number of rotatable bonds is 4. The second-order valence-electron chi connectivity index (χ2n) is 7.29. The number of aryl methyl sites for hydroxylation is 1. The standard InChI is InChI=1S/C20H17ClFN3O5S2/c1-12-2-4-14(25(27)28)11-17(12)32(29,30)24-8-6-23(7-9-24)20(26)19-18(21)15-5-3-13(22)10-16(15)31-19/h2-5,10-11H,6-9H2,1H3. The molecule has 12 heteroatoms. The number of thiophene rings is 1. The Morgan fingerprint density at radius 3 is 2.50 bits per heavy atom. The number of benzene rings is 2. The Morgan fingerprint density at radius 2 is 1.84 bits per heavy atom. The van der Waals surface area contributed by atoms with E-state index in [9.17, 15) is 27.7 Å². The molecule has 0 atom stereocenters. The SMILES string of the molecule is Cc1ccc([N+](=O)[O-])cc1S(=O)(=O)N1CCN(C(=O)c2sc3cc(F)ccc3c2Cl)CC1. The Labute approximate surface area is 192 Å². The summed E-state index contributed by atoms with van der Waals surface area (Å²) >= 11 is 7.43. The monoisotopic (exact) mass is 497 g/mol. The number of nitrogens with zero attached hydrogens (tertiary/aromatic N) is 3. The lowest BCUT2D eigenvalue weighted by Gasteiger charge is -2.34. The van der Waals surface area contributed by atoms with Gasteiger partial charge < -0.3 is 4.90 Å². The van der Waals surface area contributed by atoms with Gasteiger partial charge in [-0.3, -0.25) is 14.9 Å². The number of carbonyl (C=O) groups is 1. The van der Waals surface area contributed by atoms with Gasteiger partial charge in [-0.1, -0.05) is 17.7 Å². The lowest BCUT2D eigenvalue weighted by molar-refractivity contribution is -0.385. The third-order valence-corrected chi connectivity index (χ3v) is 9.00. The topological polar surface area (TPSA) is 101 Å². The molecule has 2 heterocycles. The van der Waals surface area contributed by atoms with Gasteiger partial charge in [0.25, 0.3) is 11.6 Å². The molecule has 1 aliphatic heterocycles. The quantitative estimate of drug-likeness (QED) is 0.399. The number of fused-ring (bicyclic) bond motifs is 1. The number of hydrogen-bond acceptors (Lipinski definition) is 6. The third-order valence-electron chi connectivity index (χ3n) is 5.31. The minimum atomic E-state index is -3.97. The number of halogens is 2. The molecule has 0 radical (unpaired) electrons. The highest BCUT2D eigenvalue weighted by molar-refractivity contribution is 7.89. The van der Waals surface area contributed by atoms with Crippen molar-refractivity contribution < 1.29 is 22.5 Å². The molecule has 4 rings (SSSR count). The lowest BCUT2D eigenvalue weighted by Crippen LogP contribution is -2.50. The average molecular weight is 498 g/mol. The number of amides is 1. The van der Waals surface area contributed by atoms with Crippen LogP contribution in [0.1, 0.15) is 15.2 Å². The first-order valence-corrected chi connectivity index (χ1v) is 12.1. The highest BCUT2D eigenvalue weighted by Gasteiger charge is 2.33. The smallest absolute Gasteiger partial charge is 0.270 e. The van der Waals surface area contributed by atoms with Crippen LogP contribution in [0.2, 0.25) is 5.02 Å². The van der Waals surface area contributed by atoms with Crippen molar-refractivity contribution in [2.24, 2.45) is 0 Å². The highest BCUT2D eigenvalue weighted by Crippen LogP contribution is 2.36. The van der Waals surface area contributed by atoms with Gasteiger partial charge in [-0.25, -0.2) is 12.8 Å². The fraction of sp³-hybridized carbons (Fsp3) is 0.250. The van der Waals surface area contributed by atoms with E-state index in [-0.39, 0.29) is 52.6 Å². The zero-order valence-corrected chi connectivity index (χ0v) is 19.1. The number of piperazine rings is 1. The molecule has 0 N–H and O–H groups in total. The molecule has 2 aromatic carbocycles. The normalized spacial score (nSPS) is 15.3. The molecule has 1 fully saturated rings. The summed E-state index contributed by atoms with van der Waals surface area (Å²) in [7, 11) is -3.97. The Kier molecular flexibility index (Phi) is 5.93. The predicted molar refractivity (Wildman–Crippen MR) is 119 cm³/mol. The molecular formula is C20H17ClFN3O5S2. The van der Waals surface area contributed by atoms with Crippen LogP contribution in [0, 0.1) is 22.9 Å². The van der Waals surface area contributed by atoms with Crippen molar-refractivity contribution in [2.75, 3.05) is 26.2 Å². The lowest BCUT2D eigenvalue weighted by atomic mass is 10.2. The molecule has 1 aromatic heterocycles. The number of hydrogen-bond donors (Lipinski definition) is 0. The van der Waals surface area contributed by atoms with Crippen molar-refractivity contribution in [3.8, 4) is 0 Å². The molecule has 0 aliphatic carbocycles. The molecule has 1 amide bonds. The van der Waals surface area contributed by atoms with Crippen molar-refractivity contribution >= 4 is 54.6 Å². The fourth-order valence-electron chi connectivity index (χ4n) is 3.57. The zero-order valence-electron chi connectivity index (χ0n) is 16.7. The molecule has 1 aliphatic rings. The van der Waals surface area contributed by atoms with E-state index in [0.717, 1.165) is 17.4 Å². The van der Waals surface area contributed by atoms with Crippen LogP contribution in [0.5, 0.6) is 0 Å². The van der Waals surface area contributed by atoms with E-state index < -0.39 is 20.8 Å². The van der Waals surface area contributed by atoms with Gasteiger partial charge >= 0.3 is 0 Å². The summed E-state index contributed by atoms with van der Waals surface area (Å²) in [6, 6.07) is 7.82. The molecule has 32 heavy (non-hydrogen) atoms. The Bertz CT molecular complexity index is 1350. The van der Waals surface area contributed by atoms with Gasteiger partial charge in [-0.2, -0.15) is 4.31 Å². The van der Waals surface area contributed by atoms with Crippen molar-refractivity contribution in [1.29, 1.82) is 0 Å². The molecule has 168 valence electrons. The summed E-state index contributed by atoms with van der Waals surface area (Å²) in [5.74, 6) is -0.773. The van der Waals surface area contributed by atoms with Gasteiger partial charge in [0.1, 0.15) is 10.7 Å². The van der Waals surface area contributed by atoms with Crippen molar-refractivity contribution in [3.63, 3.8) is 0 Å². The second-order valence-corrected chi connectivity index (χ2v) is 10.6. The Morgan fingerprint density at radius 1 is 1.16 bits per heavy atom. The van der Waals surface area contributed by atoms with Gasteiger partial charge in [0.2, 0.25) is 10.0 Å². The first kappa shape index (κ1) is 22.6. The number of non-ortho nitro benzene ring substituents is 1. The van der Waals surface area contributed by atoms with Crippen LogP contribution >= 0.6 is 22.9 Å². The highest BCUT2D eigenvalue weighted by atomic mass is 35.5. The fourth-order valence-corrected chi connectivity index (χ4v) is 6.74. The first-order chi connectivity index (χ1) is 15.1.